The lowest BCUT2D eigenvalue weighted by Gasteiger charge is -2.28. The monoisotopic (exact) mass is 259 g/mol. The normalized spacial score (nSPS) is 33.3. The van der Waals surface area contributed by atoms with Crippen LogP contribution in [-0.4, -0.2) is 47.2 Å². The number of rotatable bonds is 3. The minimum absolute atomic E-state index is 0.172. The zero-order valence-electron chi connectivity index (χ0n) is 9.61. The van der Waals surface area contributed by atoms with Gasteiger partial charge in [0.1, 0.15) is 5.54 Å². The van der Waals surface area contributed by atoms with Crippen LogP contribution in [0.5, 0.6) is 0 Å². The number of carbonyl (C=O) groups is 2. The first kappa shape index (κ1) is 12.7. The summed E-state index contributed by atoms with van der Waals surface area (Å²) < 4.78 is 5.25. The highest BCUT2D eigenvalue weighted by Crippen LogP contribution is 2.29. The average molecular weight is 259 g/mol. The van der Waals surface area contributed by atoms with E-state index in [9.17, 15) is 14.7 Å². The van der Waals surface area contributed by atoms with Crippen molar-refractivity contribution in [3.63, 3.8) is 0 Å². The van der Waals surface area contributed by atoms with E-state index >= 15 is 0 Å². The van der Waals surface area contributed by atoms with Gasteiger partial charge >= 0.3 is 5.97 Å². The van der Waals surface area contributed by atoms with Crippen LogP contribution >= 0.6 is 11.8 Å². The number of aliphatic carboxylic acids is 1. The van der Waals surface area contributed by atoms with Crippen LogP contribution < -0.4 is 5.32 Å². The molecule has 2 heterocycles. The van der Waals surface area contributed by atoms with E-state index in [0.717, 1.165) is 18.6 Å². The Morgan fingerprint density at radius 3 is 2.82 bits per heavy atom. The van der Waals surface area contributed by atoms with Gasteiger partial charge in [0.2, 0.25) is 5.91 Å². The van der Waals surface area contributed by atoms with Crippen molar-refractivity contribution in [3.8, 4) is 0 Å². The van der Waals surface area contributed by atoms with Crippen molar-refractivity contribution in [2.45, 2.75) is 24.8 Å². The van der Waals surface area contributed by atoms with Crippen molar-refractivity contribution < 1.29 is 19.4 Å². The third-order valence-corrected chi connectivity index (χ3v) is 4.51. The van der Waals surface area contributed by atoms with Crippen LogP contribution in [0.25, 0.3) is 0 Å². The van der Waals surface area contributed by atoms with Crippen LogP contribution in [0.15, 0.2) is 0 Å². The van der Waals surface area contributed by atoms with Crippen molar-refractivity contribution in [3.05, 3.63) is 0 Å². The number of hydrogen-bond acceptors (Lipinski definition) is 4. The molecule has 1 amide bonds. The first-order valence-electron chi connectivity index (χ1n) is 5.85. The van der Waals surface area contributed by atoms with Gasteiger partial charge in [0.15, 0.2) is 0 Å². The highest BCUT2D eigenvalue weighted by molar-refractivity contribution is 7.99. The van der Waals surface area contributed by atoms with E-state index in [1.54, 1.807) is 11.8 Å². The molecule has 17 heavy (non-hydrogen) atoms. The van der Waals surface area contributed by atoms with E-state index in [0.29, 0.717) is 25.4 Å². The number of carboxylic acids is 1. The maximum atomic E-state index is 12.0. The van der Waals surface area contributed by atoms with E-state index in [-0.39, 0.29) is 11.8 Å². The molecule has 0 aromatic rings. The van der Waals surface area contributed by atoms with Gasteiger partial charge in [-0.25, -0.2) is 4.79 Å². The zero-order chi connectivity index (χ0) is 12.3. The SMILES string of the molecule is O=C(N[C@]1(C(=O)O)CCSC1)[C@@H]1CCCOC1. The molecule has 0 unspecified atom stereocenters. The van der Waals surface area contributed by atoms with Gasteiger partial charge in [0.05, 0.1) is 12.5 Å². The third kappa shape index (κ3) is 2.74. The van der Waals surface area contributed by atoms with Gasteiger partial charge in [-0.1, -0.05) is 0 Å². The van der Waals surface area contributed by atoms with Crippen LogP contribution in [0, 0.1) is 5.92 Å². The molecule has 0 aromatic heterocycles. The topological polar surface area (TPSA) is 75.6 Å². The van der Waals surface area contributed by atoms with Crippen molar-refractivity contribution in [2.24, 2.45) is 5.92 Å². The van der Waals surface area contributed by atoms with Crippen LogP contribution in [0.3, 0.4) is 0 Å². The number of carboxylic acid groups (broad SMARTS) is 1. The van der Waals surface area contributed by atoms with Gasteiger partial charge in [-0.05, 0) is 25.0 Å². The second-order valence-electron chi connectivity index (χ2n) is 4.59. The minimum atomic E-state index is -1.06. The summed E-state index contributed by atoms with van der Waals surface area (Å²) in [6.07, 6.45) is 2.16. The van der Waals surface area contributed by atoms with Gasteiger partial charge in [-0.15, -0.1) is 0 Å². The Labute approximate surface area is 104 Å². The molecule has 2 fully saturated rings. The molecule has 5 nitrogen and oxygen atoms in total. The van der Waals surface area contributed by atoms with Gasteiger partial charge in [-0.2, -0.15) is 11.8 Å². The zero-order valence-corrected chi connectivity index (χ0v) is 10.4. The molecule has 96 valence electrons. The maximum Gasteiger partial charge on any atom is 0.330 e. The first-order chi connectivity index (χ1) is 8.14. The molecule has 2 rings (SSSR count). The number of amides is 1. The summed E-state index contributed by atoms with van der Waals surface area (Å²) in [5, 5.41) is 12.0. The minimum Gasteiger partial charge on any atom is -0.479 e. The van der Waals surface area contributed by atoms with E-state index in [4.69, 9.17) is 4.74 Å². The lowest BCUT2D eigenvalue weighted by atomic mass is 9.95. The van der Waals surface area contributed by atoms with Crippen LogP contribution in [0.2, 0.25) is 0 Å². The van der Waals surface area contributed by atoms with Gasteiger partial charge in [-0.3, -0.25) is 4.79 Å². The van der Waals surface area contributed by atoms with E-state index in [2.05, 4.69) is 5.32 Å². The average Bonchev–Trinajstić information content (AvgIpc) is 2.80. The molecular weight excluding hydrogens is 242 g/mol. The van der Waals surface area contributed by atoms with E-state index < -0.39 is 11.5 Å². The Hall–Kier alpha value is -0.750. The molecule has 0 aromatic carbocycles. The first-order valence-corrected chi connectivity index (χ1v) is 7.00. The summed E-state index contributed by atoms with van der Waals surface area (Å²) in [6, 6.07) is 0. The Kier molecular flexibility index (Phi) is 3.93. The summed E-state index contributed by atoms with van der Waals surface area (Å²) in [7, 11) is 0. The molecule has 0 bridgehead atoms. The predicted octanol–water partition coefficient (Wildman–Crippen LogP) is 0.489. The fraction of sp³-hybridized carbons (Fsp3) is 0.818. The van der Waals surface area contributed by atoms with Crippen molar-refractivity contribution in [2.75, 3.05) is 24.7 Å². The molecule has 2 N–H and O–H groups in total. The van der Waals surface area contributed by atoms with Crippen molar-refractivity contribution in [1.82, 2.24) is 5.32 Å². The molecule has 0 radical (unpaired) electrons. The number of hydrogen-bond donors (Lipinski definition) is 2. The van der Waals surface area contributed by atoms with Crippen LogP contribution in [0.4, 0.5) is 0 Å². The highest BCUT2D eigenvalue weighted by Gasteiger charge is 2.44. The Bertz CT molecular complexity index is 309. The molecule has 2 aliphatic rings. The summed E-state index contributed by atoms with van der Waals surface area (Å²) in [4.78, 5) is 23.3. The van der Waals surface area contributed by atoms with Crippen LogP contribution in [-0.2, 0) is 14.3 Å². The lowest BCUT2D eigenvalue weighted by molar-refractivity contribution is -0.148. The Balaban J connectivity index is 1.98. The number of carbonyl (C=O) groups excluding carboxylic acids is 1. The predicted molar refractivity (Wildman–Crippen MR) is 64.0 cm³/mol. The smallest absolute Gasteiger partial charge is 0.330 e. The number of nitrogens with one attached hydrogen (secondary N) is 1. The number of ether oxygens (including phenoxy) is 1. The Morgan fingerprint density at radius 1 is 1.47 bits per heavy atom. The third-order valence-electron chi connectivity index (χ3n) is 3.32. The maximum absolute atomic E-state index is 12.0. The molecule has 0 saturated carbocycles. The van der Waals surface area contributed by atoms with Crippen molar-refractivity contribution >= 4 is 23.6 Å². The molecule has 0 aliphatic carbocycles. The van der Waals surface area contributed by atoms with Gasteiger partial charge < -0.3 is 15.2 Å². The highest BCUT2D eigenvalue weighted by atomic mass is 32.2. The largest absolute Gasteiger partial charge is 0.479 e. The Morgan fingerprint density at radius 2 is 2.29 bits per heavy atom. The summed E-state index contributed by atoms with van der Waals surface area (Å²) >= 11 is 1.57. The quantitative estimate of drug-likeness (QED) is 0.771. The lowest BCUT2D eigenvalue weighted by Crippen LogP contribution is -2.56. The molecule has 2 aliphatic heterocycles. The molecule has 6 heteroatoms. The number of thioether (sulfide) groups is 1. The standard InChI is InChI=1S/C11H17NO4S/c13-9(8-2-1-4-16-6-8)12-11(10(14)15)3-5-17-7-11/h8H,1-7H2,(H,12,13)(H,14,15)/t8-,11-/m1/s1. The van der Waals surface area contributed by atoms with E-state index in [1.165, 1.54) is 0 Å². The van der Waals surface area contributed by atoms with Crippen molar-refractivity contribution in [1.29, 1.82) is 0 Å². The molecule has 0 spiro atoms. The summed E-state index contributed by atoms with van der Waals surface area (Å²) in [5.41, 5.74) is -1.06. The molecular formula is C11H17NO4S. The molecule has 2 atom stereocenters. The van der Waals surface area contributed by atoms with Gasteiger partial charge in [0.25, 0.3) is 0 Å². The fourth-order valence-corrected chi connectivity index (χ4v) is 3.50. The molecule has 2 saturated heterocycles. The second-order valence-corrected chi connectivity index (χ2v) is 5.70. The summed E-state index contributed by atoms with van der Waals surface area (Å²) in [5.74, 6) is -0.0391. The van der Waals surface area contributed by atoms with E-state index in [1.807, 2.05) is 0 Å². The second kappa shape index (κ2) is 5.27. The fourth-order valence-electron chi connectivity index (χ4n) is 2.17. The summed E-state index contributed by atoms with van der Waals surface area (Å²) in [6.45, 7) is 1.11. The van der Waals surface area contributed by atoms with Gasteiger partial charge in [0, 0.05) is 12.4 Å². The van der Waals surface area contributed by atoms with Crippen LogP contribution in [0.1, 0.15) is 19.3 Å².